The van der Waals surface area contributed by atoms with Crippen LogP contribution < -0.4 is 0 Å². The van der Waals surface area contributed by atoms with E-state index in [0.29, 0.717) is 17.5 Å². The van der Waals surface area contributed by atoms with Crippen LogP contribution in [-0.4, -0.2) is 19.5 Å². The van der Waals surface area contributed by atoms with Crippen molar-refractivity contribution < 1.29 is 0 Å². The Kier molecular flexibility index (Phi) is 7.14. The summed E-state index contributed by atoms with van der Waals surface area (Å²) in [5.74, 6) is 1.91. The van der Waals surface area contributed by atoms with Gasteiger partial charge in [0.2, 0.25) is 0 Å². The van der Waals surface area contributed by atoms with Gasteiger partial charge in [0.05, 0.1) is 11.0 Å². The first-order valence-corrected chi connectivity index (χ1v) is 18.6. The van der Waals surface area contributed by atoms with Gasteiger partial charge in [-0.15, -0.1) is 0 Å². The molecule has 0 saturated carbocycles. The summed E-state index contributed by atoms with van der Waals surface area (Å²) in [7, 11) is 0. The average Bonchev–Trinajstić information content (AvgIpc) is 3.61. The van der Waals surface area contributed by atoms with E-state index in [2.05, 4.69) is 180 Å². The number of aromatic nitrogens is 4. The van der Waals surface area contributed by atoms with Crippen LogP contribution in [0.15, 0.2) is 194 Å². The fourth-order valence-corrected chi connectivity index (χ4v) is 8.32. The maximum absolute atomic E-state index is 5.24. The Morgan fingerprint density at radius 3 is 1.69 bits per heavy atom. The van der Waals surface area contributed by atoms with Crippen molar-refractivity contribution in [2.45, 2.75) is 0 Å². The molecule has 0 bridgehead atoms. The minimum absolute atomic E-state index is 0.632. The van der Waals surface area contributed by atoms with Crippen molar-refractivity contribution in [2.24, 2.45) is 0 Å². The van der Waals surface area contributed by atoms with Crippen molar-refractivity contribution in [3.8, 4) is 51.0 Å². The lowest BCUT2D eigenvalue weighted by Gasteiger charge is -2.14. The van der Waals surface area contributed by atoms with Gasteiger partial charge in [0, 0.05) is 33.2 Å². The molecule has 4 heteroatoms. The molecule has 0 spiro atoms. The minimum Gasteiger partial charge on any atom is -0.309 e. The fraction of sp³-hybridized carbons (Fsp3) is 0. The third-order valence-corrected chi connectivity index (χ3v) is 10.8. The summed E-state index contributed by atoms with van der Waals surface area (Å²) in [6, 6.07) is 68.6. The van der Waals surface area contributed by atoms with Crippen molar-refractivity contribution >= 4 is 54.1 Å². The van der Waals surface area contributed by atoms with Crippen LogP contribution in [0.3, 0.4) is 0 Å². The molecule has 2 heterocycles. The molecule has 11 aromatic rings. The van der Waals surface area contributed by atoms with Gasteiger partial charge in [-0.2, -0.15) is 0 Å². The van der Waals surface area contributed by atoms with Crippen LogP contribution in [0.5, 0.6) is 0 Å². The van der Waals surface area contributed by atoms with Gasteiger partial charge < -0.3 is 4.57 Å². The summed E-state index contributed by atoms with van der Waals surface area (Å²) in [5.41, 5.74) is 8.57. The Bertz CT molecular complexity index is 3240. The van der Waals surface area contributed by atoms with Crippen molar-refractivity contribution in [3.63, 3.8) is 0 Å². The van der Waals surface area contributed by atoms with Crippen molar-refractivity contribution in [2.75, 3.05) is 0 Å². The minimum atomic E-state index is 0.632. The summed E-state index contributed by atoms with van der Waals surface area (Å²) >= 11 is 0. The van der Waals surface area contributed by atoms with Gasteiger partial charge in [-0.05, 0) is 73.8 Å². The van der Waals surface area contributed by atoms with Gasteiger partial charge in [-0.25, -0.2) is 15.0 Å². The van der Waals surface area contributed by atoms with Crippen LogP contribution >= 0.6 is 0 Å². The zero-order chi connectivity index (χ0) is 36.3. The van der Waals surface area contributed by atoms with Crippen LogP contribution in [0, 0.1) is 0 Å². The number of rotatable bonds is 5. The zero-order valence-corrected chi connectivity index (χ0v) is 29.8. The molecule has 0 aliphatic heterocycles. The van der Waals surface area contributed by atoms with Gasteiger partial charge >= 0.3 is 0 Å². The molecule has 0 saturated heterocycles. The summed E-state index contributed by atoms with van der Waals surface area (Å²) in [6.07, 6.45) is 0. The van der Waals surface area contributed by atoms with Crippen LogP contribution in [0.25, 0.3) is 105 Å². The van der Waals surface area contributed by atoms with E-state index in [1.54, 1.807) is 0 Å². The molecule has 0 fully saturated rings. The second kappa shape index (κ2) is 12.6. The molecule has 11 rings (SSSR count). The summed E-state index contributed by atoms with van der Waals surface area (Å²) in [5, 5.41) is 9.72. The lowest BCUT2D eigenvalue weighted by Crippen LogP contribution is -2.00. The summed E-state index contributed by atoms with van der Waals surface area (Å²) in [6.45, 7) is 0. The van der Waals surface area contributed by atoms with E-state index in [1.807, 2.05) is 18.2 Å². The van der Waals surface area contributed by atoms with Gasteiger partial charge in [-0.3, -0.25) is 0 Å². The van der Waals surface area contributed by atoms with Gasteiger partial charge in [-0.1, -0.05) is 164 Å². The zero-order valence-electron chi connectivity index (χ0n) is 29.8. The highest BCUT2D eigenvalue weighted by atomic mass is 15.0. The van der Waals surface area contributed by atoms with Gasteiger partial charge in [0.1, 0.15) is 0 Å². The van der Waals surface area contributed by atoms with Crippen LogP contribution in [0.4, 0.5) is 0 Å². The first-order chi connectivity index (χ1) is 27.3. The van der Waals surface area contributed by atoms with E-state index in [4.69, 9.17) is 15.0 Å². The van der Waals surface area contributed by atoms with Crippen LogP contribution in [-0.2, 0) is 0 Å². The van der Waals surface area contributed by atoms with E-state index < -0.39 is 0 Å². The highest BCUT2D eigenvalue weighted by molar-refractivity contribution is 6.20. The first kappa shape index (κ1) is 31.1. The summed E-state index contributed by atoms with van der Waals surface area (Å²) in [4.78, 5) is 15.5. The predicted molar refractivity (Wildman–Crippen MR) is 228 cm³/mol. The molecule has 0 radical (unpaired) electrons. The third kappa shape index (κ3) is 5.11. The molecular weight excluding hydrogens is 669 g/mol. The molecule has 0 atom stereocenters. The highest BCUT2D eigenvalue weighted by Crippen LogP contribution is 2.41. The molecule has 2 aromatic heterocycles. The Hall–Kier alpha value is -7.43. The molecular formula is C51H32N4. The first-order valence-electron chi connectivity index (χ1n) is 18.6. The van der Waals surface area contributed by atoms with Crippen molar-refractivity contribution in [1.82, 2.24) is 19.5 Å². The monoisotopic (exact) mass is 700 g/mol. The normalized spacial score (nSPS) is 11.6. The Balaban J connectivity index is 1.11. The largest absolute Gasteiger partial charge is 0.309 e. The number of para-hydroxylation sites is 2. The molecule has 0 aliphatic rings. The molecule has 9 aromatic carbocycles. The fourth-order valence-electron chi connectivity index (χ4n) is 8.32. The number of hydrogen-bond acceptors (Lipinski definition) is 3. The summed E-state index contributed by atoms with van der Waals surface area (Å²) < 4.78 is 2.33. The van der Waals surface area contributed by atoms with E-state index in [1.165, 1.54) is 37.9 Å². The maximum atomic E-state index is 5.24. The van der Waals surface area contributed by atoms with E-state index in [9.17, 15) is 0 Å². The van der Waals surface area contributed by atoms with Gasteiger partial charge in [0.15, 0.2) is 17.5 Å². The van der Waals surface area contributed by atoms with E-state index in [-0.39, 0.29) is 0 Å². The maximum Gasteiger partial charge on any atom is 0.164 e. The molecule has 55 heavy (non-hydrogen) atoms. The number of hydrogen-bond donors (Lipinski definition) is 0. The van der Waals surface area contributed by atoms with Gasteiger partial charge in [0.25, 0.3) is 0 Å². The Morgan fingerprint density at radius 1 is 0.327 bits per heavy atom. The van der Waals surface area contributed by atoms with Crippen LogP contribution in [0.2, 0.25) is 0 Å². The topological polar surface area (TPSA) is 43.6 Å². The number of fused-ring (bicyclic) bond motifs is 7. The molecule has 0 aliphatic carbocycles. The molecule has 0 N–H and O–H groups in total. The second-order valence-corrected chi connectivity index (χ2v) is 14.0. The molecule has 256 valence electrons. The standard InChI is InChI=1S/C51H32N4/c1-3-15-35(16-4-1)49-52-50(54-51(53-49)43-23-13-25-46-48(43)42-22-11-12-24-45(42)55(46)38-18-5-2-6-19-38)36-28-26-34(27-29-36)47-40-21-10-8-17-37(40)32-44-39-20-9-7-14-33(39)30-31-41(44)47/h1-32H. The number of nitrogens with zero attached hydrogens (tertiary/aromatic N) is 4. The molecule has 0 unspecified atom stereocenters. The SMILES string of the molecule is c1ccc(-c2nc(-c3ccc(-c4c5ccccc5cc5c4ccc4ccccc45)cc3)nc(-c3cccc4c3c3ccccc3n4-c3ccccc3)n2)cc1. The average molecular weight is 701 g/mol. The molecule has 4 nitrogen and oxygen atoms in total. The van der Waals surface area contributed by atoms with Crippen LogP contribution in [0.1, 0.15) is 0 Å². The lowest BCUT2D eigenvalue weighted by atomic mass is 9.89. The highest BCUT2D eigenvalue weighted by Gasteiger charge is 2.20. The quantitative estimate of drug-likeness (QED) is 0.133. The Morgan fingerprint density at radius 2 is 0.909 bits per heavy atom. The van der Waals surface area contributed by atoms with E-state index in [0.717, 1.165) is 49.7 Å². The lowest BCUT2D eigenvalue weighted by molar-refractivity contribution is 1.08. The van der Waals surface area contributed by atoms with Crippen molar-refractivity contribution in [3.05, 3.63) is 194 Å². The smallest absolute Gasteiger partial charge is 0.164 e. The second-order valence-electron chi connectivity index (χ2n) is 14.0. The third-order valence-electron chi connectivity index (χ3n) is 10.8. The van der Waals surface area contributed by atoms with E-state index >= 15 is 0 Å². The molecule has 0 amide bonds. The number of benzene rings is 9. The Labute approximate surface area is 317 Å². The predicted octanol–water partition coefficient (Wildman–Crippen LogP) is 13.1. The van der Waals surface area contributed by atoms with Crippen molar-refractivity contribution in [1.29, 1.82) is 0 Å².